The van der Waals surface area contributed by atoms with E-state index in [2.05, 4.69) is 65.5 Å². The van der Waals surface area contributed by atoms with E-state index in [1.54, 1.807) is 58.1 Å². The lowest BCUT2D eigenvalue weighted by Gasteiger charge is -2.27. The van der Waals surface area contributed by atoms with E-state index in [-0.39, 0.29) is 17.5 Å². The Bertz CT molecular complexity index is 2900. The highest BCUT2D eigenvalue weighted by atomic mass is 35.5. The van der Waals surface area contributed by atoms with Crippen molar-refractivity contribution in [2.45, 2.75) is 89.5 Å². The molecule has 5 N–H and O–H groups in total. The van der Waals surface area contributed by atoms with Crippen molar-refractivity contribution in [3.05, 3.63) is 103 Å². The van der Waals surface area contributed by atoms with E-state index in [9.17, 15) is 10.2 Å². The van der Waals surface area contributed by atoms with E-state index < -0.39 is 0 Å². The number of halogens is 1. The van der Waals surface area contributed by atoms with Crippen molar-refractivity contribution in [1.29, 1.82) is 0 Å². The number of aliphatic hydroxyl groups is 2. The van der Waals surface area contributed by atoms with Crippen molar-refractivity contribution in [1.82, 2.24) is 48.2 Å². The molecule has 0 bridgehead atoms. The third-order valence-electron chi connectivity index (χ3n) is 12.5. The van der Waals surface area contributed by atoms with Gasteiger partial charge in [0.05, 0.1) is 64.4 Å². The molecule has 19 heteroatoms. The molecule has 2 aliphatic rings. The first-order valence-electron chi connectivity index (χ1n) is 22.2. The Morgan fingerprint density at radius 3 is 1.72 bits per heavy atom. The molecule has 6 aromatic heterocycles. The van der Waals surface area contributed by atoms with Crippen LogP contribution < -0.4 is 30.0 Å². The fraction of sp³-hybridized carbons (Fsp3) is 0.375. The predicted molar refractivity (Wildman–Crippen MR) is 258 cm³/mol. The van der Waals surface area contributed by atoms with Crippen LogP contribution in [-0.2, 0) is 0 Å². The van der Waals surface area contributed by atoms with Crippen molar-refractivity contribution in [3.63, 3.8) is 0 Å². The summed E-state index contributed by atoms with van der Waals surface area (Å²) in [5.41, 5.74) is 11.5. The third-order valence-corrected chi connectivity index (χ3v) is 12.7. The minimum atomic E-state index is -0.174. The lowest BCUT2D eigenvalue weighted by atomic mass is 9.93. The van der Waals surface area contributed by atoms with Crippen molar-refractivity contribution in [2.75, 3.05) is 39.5 Å². The van der Waals surface area contributed by atoms with Gasteiger partial charge in [0, 0.05) is 65.8 Å². The van der Waals surface area contributed by atoms with Crippen molar-refractivity contribution < 1.29 is 29.2 Å². The highest BCUT2D eigenvalue weighted by molar-refractivity contribution is 6.28. The number of nitrogens with two attached hydrogens (primary N) is 1. The minimum Gasteiger partial charge on any atom is -0.496 e. The molecule has 67 heavy (non-hydrogen) atoms. The van der Waals surface area contributed by atoms with E-state index in [4.69, 9.17) is 41.3 Å². The number of nitrogens with one attached hydrogen (secondary N) is 1. The molecule has 2 saturated carbocycles. The maximum atomic E-state index is 9.83. The van der Waals surface area contributed by atoms with Crippen LogP contribution in [0, 0.1) is 13.8 Å². The molecule has 0 saturated heterocycles. The van der Waals surface area contributed by atoms with Crippen LogP contribution in [0.2, 0.25) is 5.28 Å². The van der Waals surface area contributed by atoms with Gasteiger partial charge < -0.3 is 58.5 Å². The number of imidazole rings is 2. The molecular weight excluding hydrogens is 876 g/mol. The highest BCUT2D eigenvalue weighted by Crippen LogP contribution is 2.39. The zero-order chi connectivity index (χ0) is 47.2. The number of aryl methyl sites for hydroxylation is 1. The zero-order valence-electron chi connectivity index (χ0n) is 38.5. The van der Waals surface area contributed by atoms with E-state index >= 15 is 0 Å². The van der Waals surface area contributed by atoms with Crippen molar-refractivity contribution in [3.8, 4) is 34.4 Å². The van der Waals surface area contributed by atoms with Crippen LogP contribution in [0.5, 0.6) is 23.0 Å². The van der Waals surface area contributed by atoms with Gasteiger partial charge in [-0.2, -0.15) is 9.97 Å². The summed E-state index contributed by atoms with van der Waals surface area (Å²) < 4.78 is 29.4. The number of nitrogens with zero attached hydrogens (tertiary/aromatic N) is 10. The average Bonchev–Trinajstić information content (AvgIpc) is 4.18. The number of methoxy groups -OCH3 is 4. The number of fused-ring (bicyclic) bond motifs is 2. The Labute approximate surface area is 393 Å². The van der Waals surface area contributed by atoms with Gasteiger partial charge in [-0.05, 0) is 106 Å². The van der Waals surface area contributed by atoms with Crippen molar-refractivity contribution >= 4 is 51.3 Å². The van der Waals surface area contributed by atoms with Gasteiger partial charge in [-0.15, -0.1) is 0 Å². The van der Waals surface area contributed by atoms with Gasteiger partial charge in [-0.3, -0.25) is 0 Å². The van der Waals surface area contributed by atoms with Gasteiger partial charge in [0.2, 0.25) is 17.0 Å². The molecule has 8 aromatic rings. The largest absolute Gasteiger partial charge is 0.496 e. The molecule has 2 aromatic carbocycles. The molecule has 10 rings (SSSR count). The summed E-state index contributed by atoms with van der Waals surface area (Å²) in [6.07, 6.45) is 21.7. The molecule has 352 valence electrons. The van der Waals surface area contributed by atoms with E-state index in [0.29, 0.717) is 46.9 Å². The van der Waals surface area contributed by atoms with Crippen molar-refractivity contribution in [2.24, 2.45) is 0 Å². The Morgan fingerprint density at radius 2 is 1.16 bits per heavy atom. The van der Waals surface area contributed by atoms with Gasteiger partial charge >= 0.3 is 0 Å². The smallest absolute Gasteiger partial charge is 0.230 e. The summed E-state index contributed by atoms with van der Waals surface area (Å²) in [7, 11) is 6.40. The summed E-state index contributed by atoms with van der Waals surface area (Å²) in [5.74, 6) is 4.20. The first kappa shape index (κ1) is 46.6. The fourth-order valence-electron chi connectivity index (χ4n) is 8.69. The minimum absolute atomic E-state index is 0.133. The van der Waals surface area contributed by atoms with Gasteiger partial charge in [0.1, 0.15) is 35.5 Å². The molecule has 18 nitrogen and oxygen atoms in total. The lowest BCUT2D eigenvalue weighted by Crippen LogP contribution is -2.20. The monoisotopic (exact) mass is 932 g/mol. The number of nitrogen functional groups attached to an aromatic ring is 1. The van der Waals surface area contributed by atoms with Gasteiger partial charge in [0.15, 0.2) is 17.3 Å². The summed E-state index contributed by atoms with van der Waals surface area (Å²) in [6, 6.07) is 12.6. The lowest BCUT2D eigenvalue weighted by molar-refractivity contribution is 0.111. The number of hydrogen-bond acceptors (Lipinski definition) is 14. The Morgan fingerprint density at radius 1 is 0.642 bits per heavy atom. The second kappa shape index (κ2) is 20.7. The second-order valence-corrected chi connectivity index (χ2v) is 17.1. The summed E-state index contributed by atoms with van der Waals surface area (Å²) in [4.78, 5) is 25.9. The number of benzene rings is 2. The maximum absolute atomic E-state index is 9.83. The fourth-order valence-corrected chi connectivity index (χ4v) is 8.81. The first-order chi connectivity index (χ1) is 32.4. The predicted octanol–water partition coefficient (Wildman–Crippen LogP) is 8.50. The zero-order valence-corrected chi connectivity index (χ0v) is 39.3. The molecule has 6 heterocycles. The van der Waals surface area contributed by atoms with Crippen LogP contribution in [0.1, 0.15) is 74.6 Å². The van der Waals surface area contributed by atoms with Gasteiger partial charge in [0.25, 0.3) is 0 Å². The standard InChI is InChI=1S/C24H28N6O2.C12H14ClN3O.C12H15N3O3/c1-15-10-19(11-21(32-3)16(15)2)29-13-22(26-14-29)27-24-25-12-17-8-9-30(23(17)28-24)18-4-6-20(31)7-5-18;13-12-14-7-8-5-6-16(11(8)15-12)9-1-3-10(17)4-2-9;1-16-9-4-8(15-6-11(13)14-7-15)5-10(17-2)12(9)18-3/h8-14,18,20,31H,4-7H2,1-3H3,(H,25,27,28);5-7,9-10,17H,1-4H2;4-7H,13H2,1-3H3. The van der Waals surface area contributed by atoms with Crippen LogP contribution in [0.15, 0.2) is 86.2 Å². The molecule has 0 aliphatic heterocycles. The quantitative estimate of drug-likeness (QED) is 0.0948. The number of aromatic nitrogens is 10. The molecule has 0 amide bonds. The first-order valence-corrected chi connectivity index (χ1v) is 22.6. The molecule has 2 fully saturated rings. The Kier molecular flexibility index (Phi) is 14.4. The Hall–Kier alpha value is -6.89. The number of rotatable bonds is 10. The number of aliphatic hydroxyl groups excluding tert-OH is 2. The SMILES string of the molecule is COc1cc(-n2cnc(N)c2)cc(OC)c1OC.COc1cc(-n2cnc(Nc3ncc4ccn(C5CCC(O)CC5)c4n3)c2)cc(C)c1C.OC1CCC(n2ccc3cnc(Cl)nc32)CC1. The van der Waals surface area contributed by atoms with Crippen LogP contribution in [-0.4, -0.2) is 99.0 Å². The highest BCUT2D eigenvalue weighted by Gasteiger charge is 2.24. The van der Waals surface area contributed by atoms with E-state index in [1.807, 2.05) is 53.5 Å². The van der Waals surface area contributed by atoms with Crippen LogP contribution >= 0.6 is 11.6 Å². The average molecular weight is 934 g/mol. The Balaban J connectivity index is 0.000000148. The summed E-state index contributed by atoms with van der Waals surface area (Å²) >= 11 is 5.83. The number of hydrogen-bond donors (Lipinski definition) is 4. The molecule has 0 radical (unpaired) electrons. The van der Waals surface area contributed by atoms with Gasteiger partial charge in [-0.1, -0.05) is 0 Å². The van der Waals surface area contributed by atoms with E-state index in [0.717, 1.165) is 102 Å². The molecule has 0 atom stereocenters. The molecular formula is C48H57ClN12O6. The maximum Gasteiger partial charge on any atom is 0.230 e. The summed E-state index contributed by atoms with van der Waals surface area (Å²) in [6.45, 7) is 4.13. The summed E-state index contributed by atoms with van der Waals surface area (Å²) in [5, 5.41) is 24.9. The number of ether oxygens (including phenoxy) is 4. The second-order valence-electron chi connectivity index (χ2n) is 16.7. The van der Waals surface area contributed by atoms with E-state index in [1.165, 1.54) is 0 Å². The topological polar surface area (TPSA) is 212 Å². The van der Waals surface area contributed by atoms with Crippen LogP contribution in [0.3, 0.4) is 0 Å². The molecule has 0 unspecified atom stereocenters. The molecule has 2 aliphatic carbocycles. The number of anilines is 3. The van der Waals surface area contributed by atoms with Crippen LogP contribution in [0.4, 0.5) is 17.6 Å². The molecule has 0 spiro atoms. The van der Waals surface area contributed by atoms with Crippen LogP contribution in [0.25, 0.3) is 33.4 Å². The normalized spacial score (nSPS) is 18.1. The van der Waals surface area contributed by atoms with Gasteiger partial charge in [-0.25, -0.2) is 19.9 Å². The third kappa shape index (κ3) is 10.6.